The average molecular weight is 222 g/mol. The smallest absolute Gasteiger partial charge is 0.0354 e. The van der Waals surface area contributed by atoms with Crippen LogP contribution >= 0.6 is 0 Å². The minimum atomic E-state index is 1.11. The van der Waals surface area contributed by atoms with Gasteiger partial charge in [0.15, 0.2) is 0 Å². The molecule has 0 bridgehead atoms. The number of hydrogen-bond donors (Lipinski definition) is 0. The first kappa shape index (κ1) is 29.3. The van der Waals surface area contributed by atoms with Crippen LogP contribution < -0.4 is 0 Å². The highest BCUT2D eigenvalue weighted by molar-refractivity contribution is 4.84. The summed E-state index contributed by atoms with van der Waals surface area (Å²) in [7, 11) is 0. The first-order valence-corrected chi connectivity index (χ1v) is 5.61. The molecule has 0 aliphatic rings. The average Bonchev–Trinajstić information content (AvgIpc) is 2.38. The van der Waals surface area contributed by atoms with Crippen molar-refractivity contribution >= 4 is 0 Å². The van der Waals surface area contributed by atoms with Crippen molar-refractivity contribution in [2.45, 2.75) is 54.4 Å². The molecule has 0 unspecified atom stereocenters. The normalized spacial score (nSPS) is 6.12. The molecule has 0 aromatic heterocycles. The minimum Gasteiger partial charge on any atom is -0.124 e. The first-order chi connectivity index (χ1) is 7.68. The third-order valence-electron chi connectivity index (χ3n) is 1.07. The molecule has 0 heteroatoms. The lowest BCUT2D eigenvalue weighted by Gasteiger charge is -1.79. The molecule has 0 saturated heterocycles. The summed E-state index contributed by atoms with van der Waals surface area (Å²) in [6, 6.07) is 0. The van der Waals surface area contributed by atoms with Crippen LogP contribution in [0.5, 0.6) is 0 Å². The largest absolute Gasteiger partial charge is 0.124 e. The predicted molar refractivity (Wildman–Crippen MR) is 81.3 cm³/mol. The Labute approximate surface area is 105 Å². The van der Waals surface area contributed by atoms with Gasteiger partial charge in [-0.15, -0.1) is 32.3 Å². The summed E-state index contributed by atoms with van der Waals surface area (Å²) in [6.45, 7) is 16.0. The predicted octanol–water partition coefficient (Wildman–Crippen LogP) is 5.47. The minimum absolute atomic E-state index is 1.11. The molecule has 0 amide bonds. The van der Waals surface area contributed by atoms with Crippen LogP contribution in [0.15, 0.2) is 24.3 Å². The van der Waals surface area contributed by atoms with Gasteiger partial charge >= 0.3 is 0 Å². The second-order valence-corrected chi connectivity index (χ2v) is 2.29. The van der Waals surface area contributed by atoms with Crippen LogP contribution in [-0.4, -0.2) is 0 Å². The molecule has 0 radical (unpaired) electrons. The Morgan fingerprint density at radius 2 is 1.31 bits per heavy atom. The van der Waals surface area contributed by atoms with E-state index in [0.29, 0.717) is 0 Å². The summed E-state index contributed by atoms with van der Waals surface area (Å²) in [6.07, 6.45) is 22.5. The first-order valence-electron chi connectivity index (χ1n) is 5.61. The molecule has 0 N–H and O–H groups in total. The molecule has 0 rings (SSSR count). The molecular formula is C16H30. The van der Waals surface area contributed by atoms with Gasteiger partial charge in [0.05, 0.1) is 0 Å². The Hall–Kier alpha value is -1.40. The van der Waals surface area contributed by atoms with E-state index < -0.39 is 0 Å². The number of hydrogen-bond acceptors (Lipinski definition) is 0. The number of allylic oxidation sites excluding steroid dienone is 3. The van der Waals surface area contributed by atoms with Crippen LogP contribution in [0.4, 0.5) is 0 Å². The summed E-state index contributed by atoms with van der Waals surface area (Å²) < 4.78 is 0. The molecule has 0 aliphatic heterocycles. The fourth-order valence-corrected chi connectivity index (χ4v) is 0.236. The molecule has 16 heavy (non-hydrogen) atoms. The van der Waals surface area contributed by atoms with Gasteiger partial charge < -0.3 is 0 Å². The summed E-state index contributed by atoms with van der Waals surface area (Å²) in [5.41, 5.74) is 1.25. The van der Waals surface area contributed by atoms with Gasteiger partial charge in [0, 0.05) is 0 Å². The molecule has 0 spiro atoms. The van der Waals surface area contributed by atoms with Crippen molar-refractivity contribution in [1.29, 1.82) is 0 Å². The van der Waals surface area contributed by atoms with Gasteiger partial charge in [-0.2, -0.15) is 0 Å². The lowest BCUT2D eigenvalue weighted by molar-refractivity contribution is 1.11. The molecule has 0 aromatic carbocycles. The van der Waals surface area contributed by atoms with Gasteiger partial charge in [-0.1, -0.05) is 45.4 Å². The fourth-order valence-electron chi connectivity index (χ4n) is 0.236. The zero-order valence-electron chi connectivity index (χ0n) is 12.1. The van der Waals surface area contributed by atoms with Crippen LogP contribution in [0.2, 0.25) is 0 Å². The molecule has 0 heterocycles. The Bertz CT molecular complexity index is 138. The monoisotopic (exact) mass is 222 g/mol. The SMILES string of the molecule is C#C.C#C.C/C=C\CC.C=C(C)CC.CC. The fraction of sp³-hybridized carbons (Fsp3) is 0.500. The quantitative estimate of drug-likeness (QED) is 0.429. The van der Waals surface area contributed by atoms with Gasteiger partial charge in [0.2, 0.25) is 0 Å². The second kappa shape index (κ2) is 68.9. The highest BCUT2D eigenvalue weighted by Gasteiger charge is 1.67. The van der Waals surface area contributed by atoms with Crippen molar-refractivity contribution in [2.24, 2.45) is 0 Å². The Balaban J connectivity index is -0.0000000345. The third kappa shape index (κ3) is 251. The summed E-state index contributed by atoms with van der Waals surface area (Å²) in [4.78, 5) is 0. The van der Waals surface area contributed by atoms with E-state index in [9.17, 15) is 0 Å². The molecular weight excluding hydrogens is 192 g/mol. The van der Waals surface area contributed by atoms with Gasteiger partial charge in [-0.3, -0.25) is 0 Å². The number of rotatable bonds is 2. The summed E-state index contributed by atoms with van der Waals surface area (Å²) >= 11 is 0. The van der Waals surface area contributed by atoms with E-state index in [1.165, 1.54) is 5.57 Å². The standard InChI is InChI=1S/2C5H10.C2H6.2C2H2/c1-4-5(2)3;1-3-5-4-2;3*1-2/h2,4H2,1,3H3;3,5H,4H2,1-2H3;1-2H3;2*1-2H/b;5-3-;;;. The van der Waals surface area contributed by atoms with Gasteiger partial charge in [-0.05, 0) is 26.7 Å². The Morgan fingerprint density at radius 3 is 1.31 bits per heavy atom. The van der Waals surface area contributed by atoms with Crippen molar-refractivity contribution in [3.63, 3.8) is 0 Å². The van der Waals surface area contributed by atoms with E-state index in [1.807, 2.05) is 27.7 Å². The lowest BCUT2D eigenvalue weighted by Crippen LogP contribution is -1.58. The van der Waals surface area contributed by atoms with E-state index in [2.05, 4.69) is 58.3 Å². The molecule has 0 atom stereocenters. The maximum atomic E-state index is 4.00. The molecule has 0 aliphatic carbocycles. The van der Waals surface area contributed by atoms with Crippen molar-refractivity contribution in [3.8, 4) is 25.7 Å². The van der Waals surface area contributed by atoms with Gasteiger partial charge in [-0.25, -0.2) is 0 Å². The summed E-state index contributed by atoms with van der Waals surface area (Å²) in [5.74, 6) is 0. The van der Waals surface area contributed by atoms with Gasteiger partial charge in [0.1, 0.15) is 0 Å². The lowest BCUT2D eigenvalue weighted by atomic mass is 10.3. The van der Waals surface area contributed by atoms with E-state index >= 15 is 0 Å². The van der Waals surface area contributed by atoms with Crippen molar-refractivity contribution in [1.82, 2.24) is 0 Å². The van der Waals surface area contributed by atoms with Gasteiger partial charge in [0.25, 0.3) is 0 Å². The van der Waals surface area contributed by atoms with Crippen LogP contribution in [0.3, 0.4) is 0 Å². The van der Waals surface area contributed by atoms with E-state index in [0.717, 1.165) is 12.8 Å². The Morgan fingerprint density at radius 1 is 1.06 bits per heavy atom. The van der Waals surface area contributed by atoms with E-state index in [4.69, 9.17) is 0 Å². The molecule has 94 valence electrons. The zero-order valence-corrected chi connectivity index (χ0v) is 12.1. The van der Waals surface area contributed by atoms with Crippen molar-refractivity contribution in [3.05, 3.63) is 24.3 Å². The number of terminal acetylenes is 2. The molecule has 0 saturated carbocycles. The third-order valence-corrected chi connectivity index (χ3v) is 1.07. The Kier molecular flexibility index (Phi) is 126. The molecule has 0 nitrogen and oxygen atoms in total. The highest BCUT2D eigenvalue weighted by Crippen LogP contribution is 1.88. The van der Waals surface area contributed by atoms with Crippen LogP contribution in [0.25, 0.3) is 0 Å². The van der Waals surface area contributed by atoms with Crippen LogP contribution in [0.1, 0.15) is 54.4 Å². The second-order valence-electron chi connectivity index (χ2n) is 2.29. The summed E-state index contributed by atoms with van der Waals surface area (Å²) in [5, 5.41) is 0. The highest BCUT2D eigenvalue weighted by atomic mass is 13.7. The maximum absolute atomic E-state index is 4.00. The topological polar surface area (TPSA) is 0 Å². The van der Waals surface area contributed by atoms with Crippen molar-refractivity contribution < 1.29 is 0 Å². The van der Waals surface area contributed by atoms with E-state index in [-0.39, 0.29) is 0 Å². The van der Waals surface area contributed by atoms with Crippen molar-refractivity contribution in [2.75, 3.05) is 0 Å². The van der Waals surface area contributed by atoms with Crippen LogP contribution in [-0.2, 0) is 0 Å². The molecule has 0 fully saturated rings. The van der Waals surface area contributed by atoms with Crippen LogP contribution in [0, 0.1) is 25.7 Å². The zero-order chi connectivity index (χ0) is 14.4. The van der Waals surface area contributed by atoms with E-state index in [1.54, 1.807) is 0 Å². The molecule has 0 aromatic rings. The maximum Gasteiger partial charge on any atom is -0.0354 e.